The lowest BCUT2D eigenvalue weighted by Crippen LogP contribution is -2.54. The van der Waals surface area contributed by atoms with Gasteiger partial charge in [0, 0.05) is 55.1 Å². The number of amides is 2. The Balaban J connectivity index is 1.28. The highest BCUT2D eigenvalue weighted by atomic mass is 32.1. The van der Waals surface area contributed by atoms with Crippen LogP contribution >= 0.6 is 11.3 Å². The summed E-state index contributed by atoms with van der Waals surface area (Å²) in [4.78, 5) is 50.2. The Kier molecular flexibility index (Phi) is 8.81. The summed E-state index contributed by atoms with van der Waals surface area (Å²) in [6.45, 7) is 7.30. The van der Waals surface area contributed by atoms with Crippen LogP contribution in [-0.2, 0) is 14.3 Å². The fourth-order valence-corrected chi connectivity index (χ4v) is 6.54. The Labute approximate surface area is 242 Å². The molecular weight excluding hydrogens is 552 g/mol. The van der Waals surface area contributed by atoms with Gasteiger partial charge in [-0.3, -0.25) is 14.4 Å². The first-order valence-corrected chi connectivity index (χ1v) is 14.8. The van der Waals surface area contributed by atoms with Crippen molar-refractivity contribution in [3.63, 3.8) is 0 Å². The van der Waals surface area contributed by atoms with Crippen molar-refractivity contribution in [2.24, 2.45) is 11.8 Å². The molecule has 2 aromatic rings. The summed E-state index contributed by atoms with van der Waals surface area (Å²) < 4.78 is 31.6. The number of ketones is 1. The van der Waals surface area contributed by atoms with Crippen LogP contribution in [0.3, 0.4) is 0 Å². The van der Waals surface area contributed by atoms with Gasteiger partial charge in [0.15, 0.2) is 10.9 Å². The molecule has 0 bridgehead atoms. The van der Waals surface area contributed by atoms with E-state index in [1.165, 1.54) is 4.90 Å². The zero-order chi connectivity index (χ0) is 29.3. The van der Waals surface area contributed by atoms with Gasteiger partial charge in [0.25, 0.3) is 12.0 Å². The highest BCUT2D eigenvalue weighted by Gasteiger charge is 2.53. The number of halogens is 2. The minimum Gasteiger partial charge on any atom is -0.367 e. The minimum absolute atomic E-state index is 0.0709. The van der Waals surface area contributed by atoms with Crippen LogP contribution in [0.5, 0.6) is 0 Å². The summed E-state index contributed by atoms with van der Waals surface area (Å²) >= 11 is 1.60. The summed E-state index contributed by atoms with van der Waals surface area (Å²) in [6, 6.07) is 5.20. The average Bonchev–Trinajstić information content (AvgIpc) is 3.69. The molecule has 3 aliphatic heterocycles. The third kappa shape index (κ3) is 6.19. The lowest BCUT2D eigenvalue weighted by Gasteiger charge is -2.32. The van der Waals surface area contributed by atoms with E-state index in [4.69, 9.17) is 9.72 Å². The molecule has 3 aliphatic rings. The number of carbonyl (C=O) groups excluding carboxylic acids is 3. The zero-order valence-corrected chi connectivity index (χ0v) is 24.2. The molecule has 0 radical (unpaired) electrons. The molecule has 9 nitrogen and oxygen atoms in total. The molecule has 5 atom stereocenters. The Hall–Kier alpha value is -3.22. The number of nitrogens with zero attached hydrogens (tertiary/aromatic N) is 4. The normalized spacial score (nSPS) is 24.2. The number of thiazole rings is 1. The van der Waals surface area contributed by atoms with Gasteiger partial charge in [0.2, 0.25) is 5.91 Å². The summed E-state index contributed by atoms with van der Waals surface area (Å²) in [5.41, 5.74) is 2.10. The van der Waals surface area contributed by atoms with Crippen LogP contribution in [0, 0.1) is 11.8 Å². The molecule has 12 heteroatoms. The minimum atomic E-state index is -1.88. The van der Waals surface area contributed by atoms with E-state index in [1.54, 1.807) is 23.5 Å². The van der Waals surface area contributed by atoms with Crippen LogP contribution in [-0.4, -0.2) is 96.9 Å². The third-order valence-corrected chi connectivity index (χ3v) is 9.22. The number of aromatic nitrogens is 1. The smallest absolute Gasteiger partial charge is 0.266 e. The van der Waals surface area contributed by atoms with E-state index < -0.39 is 42.0 Å². The van der Waals surface area contributed by atoms with E-state index in [0.717, 1.165) is 48.6 Å². The van der Waals surface area contributed by atoms with E-state index in [0.29, 0.717) is 12.0 Å². The van der Waals surface area contributed by atoms with E-state index in [9.17, 15) is 23.2 Å². The maximum atomic E-state index is 13.7. The van der Waals surface area contributed by atoms with Crippen molar-refractivity contribution in [1.82, 2.24) is 20.1 Å². The fourth-order valence-electron chi connectivity index (χ4n) is 5.65. The predicted octanol–water partition coefficient (Wildman–Crippen LogP) is 3.28. The standard InChI is InChI=1S/C29H35F2N5O4S/c1-4-17(2)24(28(39)36-14-20(13-23(30)31)26-25(36)22(37)15-40-26)33-27(38)19-7-5-18(6-8-19)21-16-41-29(32-21)35-11-9-34(3)10-12-35/h5-8,13,16-17,20,24-26H,4,9-12,14-15H2,1-3H3,(H,33,38). The van der Waals surface area contributed by atoms with Crippen molar-refractivity contribution in [3.8, 4) is 11.3 Å². The first-order chi connectivity index (χ1) is 19.7. The molecular formula is C29H35F2N5O4S. The number of likely N-dealkylation sites (tertiary alicyclic amines) is 1. The second-order valence-electron chi connectivity index (χ2n) is 11.0. The summed E-state index contributed by atoms with van der Waals surface area (Å²) in [5.74, 6) is -2.25. The van der Waals surface area contributed by atoms with Gasteiger partial charge < -0.3 is 24.8 Å². The second kappa shape index (κ2) is 12.3. The maximum absolute atomic E-state index is 13.7. The van der Waals surface area contributed by atoms with Gasteiger partial charge in [0.05, 0.1) is 11.8 Å². The molecule has 5 rings (SSSR count). The van der Waals surface area contributed by atoms with Crippen LogP contribution in [0.2, 0.25) is 0 Å². The van der Waals surface area contributed by atoms with Gasteiger partial charge in [0.1, 0.15) is 18.7 Å². The van der Waals surface area contributed by atoms with Gasteiger partial charge in [-0.15, -0.1) is 11.3 Å². The highest BCUT2D eigenvalue weighted by Crippen LogP contribution is 2.35. The van der Waals surface area contributed by atoms with Gasteiger partial charge in [-0.25, -0.2) is 4.98 Å². The summed E-state index contributed by atoms with van der Waals surface area (Å²) in [5, 5.41) is 5.84. The number of nitrogens with one attached hydrogen (secondary N) is 1. The lowest BCUT2D eigenvalue weighted by molar-refractivity contribution is -0.139. The van der Waals surface area contributed by atoms with Crippen molar-refractivity contribution in [2.75, 3.05) is 51.3 Å². The molecule has 5 unspecified atom stereocenters. The van der Waals surface area contributed by atoms with Gasteiger partial charge in [-0.2, -0.15) is 8.78 Å². The number of fused-ring (bicyclic) bond motifs is 1. The van der Waals surface area contributed by atoms with E-state index in [2.05, 4.69) is 22.2 Å². The summed E-state index contributed by atoms with van der Waals surface area (Å²) in [6.07, 6.45) is -1.35. The number of piperazine rings is 1. The molecule has 2 amide bonds. The quantitative estimate of drug-likeness (QED) is 0.507. The molecule has 0 spiro atoms. The number of Topliss-reactive ketones (excluding diaryl/α,β-unsaturated/α-hetero) is 1. The average molecular weight is 588 g/mol. The molecule has 0 aliphatic carbocycles. The third-order valence-electron chi connectivity index (χ3n) is 8.32. The molecule has 220 valence electrons. The van der Waals surface area contributed by atoms with E-state index in [1.807, 2.05) is 31.4 Å². The molecule has 41 heavy (non-hydrogen) atoms. The summed E-state index contributed by atoms with van der Waals surface area (Å²) in [7, 11) is 2.11. The number of hydrogen-bond acceptors (Lipinski definition) is 8. The monoisotopic (exact) mass is 587 g/mol. The van der Waals surface area contributed by atoms with E-state index >= 15 is 0 Å². The predicted molar refractivity (Wildman–Crippen MR) is 152 cm³/mol. The van der Waals surface area contributed by atoms with Crippen LogP contribution in [0.15, 0.2) is 41.8 Å². The zero-order valence-electron chi connectivity index (χ0n) is 23.4. The van der Waals surface area contributed by atoms with Gasteiger partial charge in [-0.05, 0) is 31.2 Å². The Bertz CT molecular complexity index is 1310. The molecule has 4 heterocycles. The maximum Gasteiger partial charge on any atom is 0.266 e. The number of carbonyl (C=O) groups is 3. The molecule has 1 aromatic heterocycles. The van der Waals surface area contributed by atoms with Gasteiger partial charge >= 0.3 is 0 Å². The first kappa shape index (κ1) is 29.3. The molecule has 0 saturated carbocycles. The van der Waals surface area contributed by atoms with Gasteiger partial charge in [-0.1, -0.05) is 32.4 Å². The number of likely N-dealkylation sites (N-methyl/N-ethyl adjacent to an activating group) is 1. The Morgan fingerprint density at radius 3 is 2.56 bits per heavy atom. The van der Waals surface area contributed by atoms with Crippen LogP contribution in [0.1, 0.15) is 30.6 Å². The van der Waals surface area contributed by atoms with Crippen molar-refractivity contribution in [2.45, 2.75) is 38.5 Å². The number of hydrogen-bond donors (Lipinski definition) is 1. The number of ether oxygens (including phenoxy) is 1. The Morgan fingerprint density at radius 1 is 1.20 bits per heavy atom. The van der Waals surface area contributed by atoms with Crippen molar-refractivity contribution in [1.29, 1.82) is 0 Å². The fraction of sp³-hybridized carbons (Fsp3) is 0.517. The van der Waals surface area contributed by atoms with Crippen LogP contribution in [0.4, 0.5) is 13.9 Å². The molecule has 3 saturated heterocycles. The first-order valence-electron chi connectivity index (χ1n) is 13.9. The van der Waals surface area contributed by atoms with Crippen molar-refractivity contribution in [3.05, 3.63) is 47.4 Å². The molecule has 1 aromatic carbocycles. The topological polar surface area (TPSA) is 95.1 Å². The second-order valence-corrected chi connectivity index (χ2v) is 11.9. The lowest BCUT2D eigenvalue weighted by atomic mass is 9.96. The number of anilines is 1. The SMILES string of the molecule is CCC(C)C(NC(=O)c1ccc(-c2csc(N3CCN(C)CC3)n2)cc1)C(=O)N1CC(C=C(F)F)C2OCC(=O)C21. The molecule has 1 N–H and O–H groups in total. The van der Waals surface area contributed by atoms with Crippen LogP contribution < -0.4 is 10.2 Å². The number of rotatable bonds is 8. The van der Waals surface area contributed by atoms with E-state index in [-0.39, 0.29) is 24.9 Å². The Morgan fingerprint density at radius 2 is 1.90 bits per heavy atom. The van der Waals surface area contributed by atoms with Crippen LogP contribution in [0.25, 0.3) is 11.3 Å². The number of benzene rings is 1. The molecule has 3 fully saturated rings. The highest BCUT2D eigenvalue weighted by molar-refractivity contribution is 7.14. The van der Waals surface area contributed by atoms with Crippen molar-refractivity contribution < 1.29 is 27.9 Å². The largest absolute Gasteiger partial charge is 0.367 e. The van der Waals surface area contributed by atoms with Crippen molar-refractivity contribution >= 4 is 34.1 Å².